The van der Waals surface area contributed by atoms with Gasteiger partial charge in [0.15, 0.2) is 0 Å². The molecule has 7 heteroatoms. The van der Waals surface area contributed by atoms with Crippen LogP contribution in [0.15, 0.2) is 24.3 Å². The van der Waals surface area contributed by atoms with E-state index < -0.39 is 24.1 Å². The molecule has 0 saturated heterocycles. The molecule has 1 amide bonds. The first-order valence-corrected chi connectivity index (χ1v) is 4.20. The molecule has 1 rings (SSSR count). The topological polar surface area (TPSA) is 78.3 Å². The van der Waals surface area contributed by atoms with E-state index in [1.54, 1.807) is 0 Å². The fraction of sp³-hybridized carbons (Fsp3) is 0.222. The first-order chi connectivity index (χ1) is 7.29. The predicted molar refractivity (Wildman–Crippen MR) is 49.2 cm³/mol. The van der Waals surface area contributed by atoms with Crippen molar-refractivity contribution in [2.75, 3.05) is 0 Å². The van der Waals surface area contributed by atoms with Gasteiger partial charge in [0.25, 0.3) is 0 Å². The lowest BCUT2D eigenvalue weighted by molar-refractivity contribution is -0.274. The highest BCUT2D eigenvalue weighted by Gasteiger charge is 2.31. The lowest BCUT2D eigenvalue weighted by Crippen LogP contribution is -2.28. The molecule has 0 heterocycles. The third kappa shape index (κ3) is 3.43. The van der Waals surface area contributed by atoms with Crippen LogP contribution in [-0.4, -0.2) is 12.3 Å². The number of halogens is 3. The number of carbonyl (C=O) groups is 1. The third-order valence-electron chi connectivity index (χ3n) is 1.76. The third-order valence-corrected chi connectivity index (χ3v) is 1.76. The fourth-order valence-electron chi connectivity index (χ4n) is 1.07. The van der Waals surface area contributed by atoms with Crippen molar-refractivity contribution in [1.82, 2.24) is 0 Å². The van der Waals surface area contributed by atoms with E-state index in [1.165, 1.54) is 12.1 Å². The van der Waals surface area contributed by atoms with E-state index in [2.05, 4.69) is 4.74 Å². The molecule has 1 aromatic carbocycles. The molecule has 0 aliphatic heterocycles. The zero-order valence-electron chi connectivity index (χ0n) is 7.99. The molecule has 16 heavy (non-hydrogen) atoms. The van der Waals surface area contributed by atoms with Crippen molar-refractivity contribution < 1.29 is 22.7 Å². The van der Waals surface area contributed by atoms with Gasteiger partial charge in [-0.25, -0.2) is 0 Å². The van der Waals surface area contributed by atoms with Crippen molar-refractivity contribution in [3.8, 4) is 5.75 Å². The Morgan fingerprint density at radius 1 is 1.38 bits per heavy atom. The maximum atomic E-state index is 11.9. The highest BCUT2D eigenvalue weighted by molar-refractivity contribution is 5.81. The number of benzene rings is 1. The molecule has 1 aromatic rings. The molecule has 4 nitrogen and oxygen atoms in total. The number of alkyl halides is 3. The highest BCUT2D eigenvalue weighted by Crippen LogP contribution is 2.24. The van der Waals surface area contributed by atoms with Crippen LogP contribution in [0.2, 0.25) is 0 Å². The zero-order valence-corrected chi connectivity index (χ0v) is 7.99. The number of carbonyl (C=O) groups excluding carboxylic acids is 1. The Morgan fingerprint density at radius 3 is 2.50 bits per heavy atom. The summed E-state index contributed by atoms with van der Waals surface area (Å²) >= 11 is 0. The van der Waals surface area contributed by atoms with Gasteiger partial charge in [-0.1, -0.05) is 12.1 Å². The SMILES string of the molecule is NC(=O)C(N)c1cccc(OC(F)(F)F)c1. The summed E-state index contributed by atoms with van der Waals surface area (Å²) in [5.41, 5.74) is 10.4. The summed E-state index contributed by atoms with van der Waals surface area (Å²) in [7, 11) is 0. The summed E-state index contributed by atoms with van der Waals surface area (Å²) in [6.07, 6.45) is -4.78. The molecule has 4 N–H and O–H groups in total. The quantitative estimate of drug-likeness (QED) is 0.821. The van der Waals surface area contributed by atoms with Crippen molar-refractivity contribution in [3.05, 3.63) is 29.8 Å². The van der Waals surface area contributed by atoms with Crippen molar-refractivity contribution in [2.45, 2.75) is 12.4 Å². The number of amides is 1. The largest absolute Gasteiger partial charge is 0.573 e. The second kappa shape index (κ2) is 4.40. The van der Waals surface area contributed by atoms with Gasteiger partial charge in [0.2, 0.25) is 5.91 Å². The summed E-state index contributed by atoms with van der Waals surface area (Å²) in [6, 6.07) is 3.64. The van der Waals surface area contributed by atoms with Gasteiger partial charge >= 0.3 is 6.36 Å². The van der Waals surface area contributed by atoms with Crippen LogP contribution in [0, 0.1) is 0 Å². The first kappa shape index (κ1) is 12.3. The van der Waals surface area contributed by atoms with Crippen LogP contribution in [0.3, 0.4) is 0 Å². The summed E-state index contributed by atoms with van der Waals surface area (Å²) in [4.78, 5) is 10.7. The molecule has 0 aliphatic carbocycles. The molecule has 0 aliphatic rings. The van der Waals surface area contributed by atoms with E-state index in [-0.39, 0.29) is 5.56 Å². The van der Waals surface area contributed by atoms with E-state index in [4.69, 9.17) is 11.5 Å². The van der Waals surface area contributed by atoms with Crippen molar-refractivity contribution in [1.29, 1.82) is 0 Å². The maximum absolute atomic E-state index is 11.9. The summed E-state index contributed by atoms with van der Waals surface area (Å²) in [5.74, 6) is -1.27. The van der Waals surface area contributed by atoms with Gasteiger partial charge in [-0.2, -0.15) is 0 Å². The minimum Gasteiger partial charge on any atom is -0.406 e. The van der Waals surface area contributed by atoms with Gasteiger partial charge in [-0.05, 0) is 17.7 Å². The van der Waals surface area contributed by atoms with Crippen LogP contribution in [0.1, 0.15) is 11.6 Å². The minimum absolute atomic E-state index is 0.161. The lowest BCUT2D eigenvalue weighted by Gasteiger charge is -2.12. The van der Waals surface area contributed by atoms with Gasteiger partial charge in [-0.15, -0.1) is 13.2 Å². The Labute approximate surface area is 89.0 Å². The molecule has 88 valence electrons. The number of nitrogens with two attached hydrogens (primary N) is 2. The van der Waals surface area contributed by atoms with E-state index in [1.807, 2.05) is 0 Å². The van der Waals surface area contributed by atoms with Crippen molar-refractivity contribution in [2.24, 2.45) is 11.5 Å². The molecule has 1 unspecified atom stereocenters. The van der Waals surface area contributed by atoms with Crippen molar-refractivity contribution in [3.63, 3.8) is 0 Å². The Balaban J connectivity index is 2.91. The van der Waals surface area contributed by atoms with Crippen LogP contribution in [0.5, 0.6) is 5.75 Å². The van der Waals surface area contributed by atoms with Gasteiger partial charge in [0.05, 0.1) is 0 Å². The molecule has 0 fully saturated rings. The smallest absolute Gasteiger partial charge is 0.406 e. The van der Waals surface area contributed by atoms with Gasteiger partial charge in [0.1, 0.15) is 11.8 Å². The lowest BCUT2D eigenvalue weighted by atomic mass is 10.1. The monoisotopic (exact) mass is 234 g/mol. The molecule has 0 aromatic heterocycles. The molecule has 0 saturated carbocycles. The average Bonchev–Trinajstić information content (AvgIpc) is 2.14. The molecular formula is C9H9F3N2O2. The van der Waals surface area contributed by atoms with E-state index in [0.29, 0.717) is 0 Å². The van der Waals surface area contributed by atoms with Crippen LogP contribution >= 0.6 is 0 Å². The second-order valence-electron chi connectivity index (χ2n) is 3.00. The maximum Gasteiger partial charge on any atom is 0.573 e. The Hall–Kier alpha value is -1.76. The number of hydrogen-bond donors (Lipinski definition) is 2. The molecule has 0 spiro atoms. The van der Waals surface area contributed by atoms with Gasteiger partial charge < -0.3 is 16.2 Å². The van der Waals surface area contributed by atoms with Crippen LogP contribution < -0.4 is 16.2 Å². The normalized spacial score (nSPS) is 13.2. The minimum atomic E-state index is -4.78. The van der Waals surface area contributed by atoms with Crippen LogP contribution in [-0.2, 0) is 4.79 Å². The summed E-state index contributed by atoms with van der Waals surface area (Å²) < 4.78 is 39.3. The zero-order chi connectivity index (χ0) is 12.3. The Kier molecular flexibility index (Phi) is 3.38. The van der Waals surface area contributed by atoms with Crippen LogP contribution in [0.4, 0.5) is 13.2 Å². The number of primary amides is 1. The van der Waals surface area contributed by atoms with Gasteiger partial charge in [-0.3, -0.25) is 4.79 Å². The highest BCUT2D eigenvalue weighted by atomic mass is 19.4. The molecule has 1 atom stereocenters. The fourth-order valence-corrected chi connectivity index (χ4v) is 1.07. The summed E-state index contributed by atoms with van der Waals surface area (Å²) in [5, 5.41) is 0. The van der Waals surface area contributed by atoms with E-state index in [9.17, 15) is 18.0 Å². The van der Waals surface area contributed by atoms with Gasteiger partial charge in [0, 0.05) is 0 Å². The number of rotatable bonds is 3. The second-order valence-corrected chi connectivity index (χ2v) is 3.00. The Bertz CT molecular complexity index is 393. The van der Waals surface area contributed by atoms with Crippen molar-refractivity contribution >= 4 is 5.91 Å². The molecular weight excluding hydrogens is 225 g/mol. The Morgan fingerprint density at radius 2 is 2.00 bits per heavy atom. The summed E-state index contributed by atoms with van der Waals surface area (Å²) in [6.45, 7) is 0. The number of hydrogen-bond acceptors (Lipinski definition) is 3. The van der Waals surface area contributed by atoms with E-state index in [0.717, 1.165) is 12.1 Å². The molecule has 0 radical (unpaired) electrons. The van der Waals surface area contributed by atoms with E-state index >= 15 is 0 Å². The number of ether oxygens (including phenoxy) is 1. The predicted octanol–water partition coefficient (Wildman–Crippen LogP) is 1.07. The van der Waals surface area contributed by atoms with Crippen LogP contribution in [0.25, 0.3) is 0 Å². The molecule has 0 bridgehead atoms. The average molecular weight is 234 g/mol. The first-order valence-electron chi connectivity index (χ1n) is 4.20. The standard InChI is InChI=1S/C9H9F3N2O2/c10-9(11,12)16-6-3-1-2-5(4-6)7(13)8(14)15/h1-4,7H,13H2,(H2,14,15).